The molecule has 1 N–H and O–H groups in total. The SMILES string of the molecule is O=C(CSc1nnc(-c2cccs2)n1-c1ccccc1)c1c[nH]c(C(=O)N2CCCC2)c1. The lowest BCUT2D eigenvalue weighted by Gasteiger charge is -2.13. The Bertz CT molecular complexity index is 1220. The molecule has 0 unspecified atom stereocenters. The number of Topliss-reactive ketones (excluding diaryl/α,β-unsaturated/α-hetero) is 1. The van der Waals surface area contributed by atoms with Gasteiger partial charge in [-0.05, 0) is 42.5 Å². The minimum atomic E-state index is -0.0630. The highest BCUT2D eigenvalue weighted by molar-refractivity contribution is 7.99. The second kappa shape index (κ2) is 9.13. The maximum absolute atomic E-state index is 12.8. The highest BCUT2D eigenvalue weighted by Gasteiger charge is 2.22. The van der Waals surface area contributed by atoms with Crippen molar-refractivity contribution < 1.29 is 9.59 Å². The van der Waals surface area contributed by atoms with Gasteiger partial charge in [-0.15, -0.1) is 21.5 Å². The van der Waals surface area contributed by atoms with E-state index in [9.17, 15) is 9.59 Å². The van der Waals surface area contributed by atoms with E-state index in [2.05, 4.69) is 15.2 Å². The summed E-state index contributed by atoms with van der Waals surface area (Å²) in [6.07, 6.45) is 3.68. The first kappa shape index (κ1) is 20.7. The third-order valence-electron chi connectivity index (χ3n) is 5.35. The molecule has 4 aromatic rings. The number of H-pyrrole nitrogens is 1. The number of nitrogens with zero attached hydrogens (tertiary/aromatic N) is 4. The molecule has 0 aliphatic carbocycles. The van der Waals surface area contributed by atoms with Gasteiger partial charge in [-0.3, -0.25) is 14.2 Å². The van der Waals surface area contributed by atoms with Gasteiger partial charge in [-0.2, -0.15) is 0 Å². The van der Waals surface area contributed by atoms with Crippen molar-refractivity contribution in [3.05, 3.63) is 71.4 Å². The van der Waals surface area contributed by atoms with Crippen LogP contribution in [0.15, 0.2) is 65.3 Å². The number of hydrogen-bond donors (Lipinski definition) is 1. The Morgan fingerprint density at radius 2 is 1.88 bits per heavy atom. The number of nitrogens with one attached hydrogen (secondary N) is 1. The van der Waals surface area contributed by atoms with E-state index < -0.39 is 0 Å². The summed E-state index contributed by atoms with van der Waals surface area (Å²) in [5.41, 5.74) is 1.91. The van der Waals surface area contributed by atoms with Crippen molar-refractivity contribution in [3.8, 4) is 16.4 Å². The topological polar surface area (TPSA) is 83.9 Å². The molecule has 1 aliphatic rings. The van der Waals surface area contributed by atoms with Gasteiger partial charge >= 0.3 is 0 Å². The number of ketones is 1. The maximum Gasteiger partial charge on any atom is 0.270 e. The van der Waals surface area contributed by atoms with Gasteiger partial charge in [0.05, 0.1) is 10.6 Å². The summed E-state index contributed by atoms with van der Waals surface area (Å²) in [5.74, 6) is 0.844. The van der Waals surface area contributed by atoms with Gasteiger partial charge in [0.1, 0.15) is 5.69 Å². The molecule has 1 aromatic carbocycles. The van der Waals surface area contributed by atoms with E-state index in [0.29, 0.717) is 16.4 Å². The molecule has 0 atom stereocenters. The third-order valence-corrected chi connectivity index (χ3v) is 7.15. The summed E-state index contributed by atoms with van der Waals surface area (Å²) in [4.78, 5) is 31.2. The van der Waals surface area contributed by atoms with Crippen LogP contribution in [0, 0.1) is 0 Å². The zero-order chi connectivity index (χ0) is 21.9. The fourth-order valence-corrected chi connectivity index (χ4v) is 5.27. The van der Waals surface area contributed by atoms with E-state index >= 15 is 0 Å². The predicted octanol–water partition coefficient (Wildman–Crippen LogP) is 4.53. The molecule has 32 heavy (non-hydrogen) atoms. The monoisotopic (exact) mass is 463 g/mol. The normalized spacial score (nSPS) is 13.6. The van der Waals surface area contributed by atoms with Crippen LogP contribution in [0.4, 0.5) is 0 Å². The minimum absolute atomic E-state index is 0.0430. The van der Waals surface area contributed by atoms with Crippen molar-refractivity contribution in [2.24, 2.45) is 0 Å². The lowest BCUT2D eigenvalue weighted by atomic mass is 10.2. The Labute approximate surface area is 193 Å². The molecule has 7 nitrogen and oxygen atoms in total. The molecule has 0 bridgehead atoms. The van der Waals surface area contributed by atoms with Crippen molar-refractivity contribution in [3.63, 3.8) is 0 Å². The Morgan fingerprint density at radius 3 is 2.62 bits per heavy atom. The Morgan fingerprint density at radius 1 is 1.06 bits per heavy atom. The second-order valence-corrected chi connectivity index (χ2v) is 9.36. The number of amides is 1. The molecule has 0 saturated carbocycles. The smallest absolute Gasteiger partial charge is 0.270 e. The van der Waals surface area contributed by atoms with Gasteiger partial charge < -0.3 is 9.88 Å². The summed E-state index contributed by atoms with van der Waals surface area (Å²) in [7, 11) is 0. The van der Waals surface area contributed by atoms with Crippen LogP contribution in [0.1, 0.15) is 33.7 Å². The van der Waals surface area contributed by atoms with Crippen molar-refractivity contribution in [1.29, 1.82) is 0 Å². The van der Waals surface area contributed by atoms with Gasteiger partial charge in [0.25, 0.3) is 5.91 Å². The van der Waals surface area contributed by atoms with Crippen LogP contribution < -0.4 is 0 Å². The Hall–Kier alpha value is -3.17. The molecule has 0 radical (unpaired) electrons. The van der Waals surface area contributed by atoms with Crippen molar-refractivity contribution in [2.45, 2.75) is 18.0 Å². The number of aromatic nitrogens is 4. The molecule has 1 fully saturated rings. The van der Waals surface area contributed by atoms with Crippen molar-refractivity contribution in [2.75, 3.05) is 18.8 Å². The highest BCUT2D eigenvalue weighted by Crippen LogP contribution is 2.30. The number of para-hydroxylation sites is 1. The number of carbonyl (C=O) groups excluding carboxylic acids is 2. The molecule has 162 valence electrons. The molecule has 1 amide bonds. The van der Waals surface area contributed by atoms with E-state index in [1.807, 2.05) is 57.3 Å². The lowest BCUT2D eigenvalue weighted by Crippen LogP contribution is -2.27. The number of carbonyl (C=O) groups is 2. The molecule has 4 heterocycles. The molecular formula is C23H21N5O2S2. The number of hydrogen-bond acceptors (Lipinski definition) is 6. The molecule has 3 aromatic heterocycles. The fourth-order valence-electron chi connectivity index (χ4n) is 3.72. The molecular weight excluding hydrogens is 442 g/mol. The standard InChI is InChI=1S/C23H21N5O2S2/c29-19(16-13-18(24-14-16)22(30)27-10-4-5-11-27)15-32-23-26-25-21(20-9-6-12-31-20)28(23)17-7-2-1-3-8-17/h1-3,6-9,12-14,24H,4-5,10-11,15H2. The first-order valence-corrected chi connectivity index (χ1v) is 12.3. The largest absolute Gasteiger partial charge is 0.356 e. The maximum atomic E-state index is 12.8. The van der Waals surface area contributed by atoms with E-state index in [4.69, 9.17) is 0 Å². The van der Waals surface area contributed by atoms with Crippen LogP contribution in [0.3, 0.4) is 0 Å². The number of likely N-dealkylation sites (tertiary alicyclic amines) is 1. The average molecular weight is 464 g/mol. The number of benzene rings is 1. The van der Waals surface area contributed by atoms with E-state index in [1.54, 1.807) is 23.6 Å². The van der Waals surface area contributed by atoms with Crippen molar-refractivity contribution in [1.82, 2.24) is 24.6 Å². The Kier molecular flexibility index (Phi) is 5.91. The number of aromatic amines is 1. The van der Waals surface area contributed by atoms with Gasteiger partial charge in [-0.1, -0.05) is 36.0 Å². The number of thioether (sulfide) groups is 1. The predicted molar refractivity (Wildman–Crippen MR) is 126 cm³/mol. The number of rotatable bonds is 7. The van der Waals surface area contributed by atoms with Crippen LogP contribution in [0.5, 0.6) is 0 Å². The zero-order valence-electron chi connectivity index (χ0n) is 17.2. The summed E-state index contributed by atoms with van der Waals surface area (Å²) < 4.78 is 1.98. The van der Waals surface area contributed by atoms with Gasteiger partial charge in [-0.25, -0.2) is 0 Å². The van der Waals surface area contributed by atoms with Gasteiger partial charge in [0, 0.05) is 30.5 Å². The van der Waals surface area contributed by atoms with Gasteiger partial charge in [0.2, 0.25) is 0 Å². The first-order valence-electron chi connectivity index (χ1n) is 10.4. The van der Waals surface area contributed by atoms with E-state index in [1.165, 1.54) is 11.8 Å². The minimum Gasteiger partial charge on any atom is -0.356 e. The molecule has 9 heteroatoms. The van der Waals surface area contributed by atoms with Crippen LogP contribution in [0.2, 0.25) is 0 Å². The van der Waals surface area contributed by atoms with Crippen LogP contribution in [-0.4, -0.2) is 55.2 Å². The average Bonchev–Trinajstić information content (AvgIpc) is 3.64. The lowest BCUT2D eigenvalue weighted by molar-refractivity contribution is 0.0787. The molecule has 0 spiro atoms. The quantitative estimate of drug-likeness (QED) is 0.321. The third kappa shape index (κ3) is 4.13. The van der Waals surface area contributed by atoms with Crippen LogP contribution in [0.25, 0.3) is 16.4 Å². The van der Waals surface area contributed by atoms with Crippen molar-refractivity contribution >= 4 is 34.8 Å². The summed E-state index contributed by atoms with van der Waals surface area (Å²) >= 11 is 2.94. The molecule has 1 saturated heterocycles. The molecule has 5 rings (SSSR count). The van der Waals surface area contributed by atoms with Gasteiger partial charge in [0.15, 0.2) is 16.8 Å². The second-order valence-electron chi connectivity index (χ2n) is 7.47. The van der Waals surface area contributed by atoms with E-state index in [0.717, 1.165) is 42.3 Å². The highest BCUT2D eigenvalue weighted by atomic mass is 32.2. The zero-order valence-corrected chi connectivity index (χ0v) is 18.9. The van der Waals surface area contributed by atoms with Crippen LogP contribution >= 0.6 is 23.1 Å². The fraction of sp³-hybridized carbons (Fsp3) is 0.217. The summed E-state index contributed by atoms with van der Waals surface area (Å²) in [6, 6.07) is 15.5. The molecule has 1 aliphatic heterocycles. The van der Waals surface area contributed by atoms with Crippen LogP contribution in [-0.2, 0) is 0 Å². The first-order chi connectivity index (χ1) is 15.7. The summed E-state index contributed by atoms with van der Waals surface area (Å²) in [5, 5.41) is 11.4. The number of thiophene rings is 1. The summed E-state index contributed by atoms with van der Waals surface area (Å²) in [6.45, 7) is 1.55. The Balaban J connectivity index is 1.34. The van der Waals surface area contributed by atoms with E-state index in [-0.39, 0.29) is 17.4 Å².